The second kappa shape index (κ2) is 8.56. The smallest absolute Gasteiger partial charge is 0.416 e. The van der Waals surface area contributed by atoms with Gasteiger partial charge >= 0.3 is 18.5 Å². The first kappa shape index (κ1) is 24.9. The lowest BCUT2D eigenvalue weighted by Gasteiger charge is -2.24. The Labute approximate surface area is 183 Å². The lowest BCUT2D eigenvalue weighted by atomic mass is 10.1. The Balaban J connectivity index is 2.38. The maximum atomic E-state index is 13.4. The first-order valence-electron chi connectivity index (χ1n) is 9.14. The van der Waals surface area contributed by atoms with E-state index in [1.165, 1.54) is 31.2 Å². The molecule has 1 unspecified atom stereocenters. The van der Waals surface area contributed by atoms with Crippen molar-refractivity contribution in [3.05, 3.63) is 82.9 Å². The van der Waals surface area contributed by atoms with Crippen LogP contribution in [0.4, 0.5) is 39.5 Å². The molecule has 0 saturated heterocycles. The van der Waals surface area contributed by atoms with Crippen molar-refractivity contribution in [1.82, 2.24) is 0 Å². The second-order valence-electron chi connectivity index (χ2n) is 7.14. The van der Waals surface area contributed by atoms with Crippen LogP contribution in [0, 0.1) is 6.92 Å². The lowest BCUT2D eigenvalue weighted by molar-refractivity contribution is -0.143. The summed E-state index contributed by atoms with van der Waals surface area (Å²) < 4.78 is 121. The molecule has 33 heavy (non-hydrogen) atoms. The van der Waals surface area contributed by atoms with Gasteiger partial charge in [-0.05, 0) is 67.4 Å². The van der Waals surface area contributed by atoms with E-state index in [9.17, 15) is 44.6 Å². The number of benzene rings is 3. The highest BCUT2D eigenvalue weighted by molar-refractivity contribution is 7.80. The van der Waals surface area contributed by atoms with Crippen LogP contribution in [0.1, 0.15) is 22.3 Å². The van der Waals surface area contributed by atoms with Gasteiger partial charge in [-0.2, -0.15) is 39.5 Å². The highest BCUT2D eigenvalue weighted by atomic mass is 31.1. The fourth-order valence-electron chi connectivity index (χ4n) is 3.20. The molecule has 3 aromatic carbocycles. The molecule has 0 spiro atoms. The summed E-state index contributed by atoms with van der Waals surface area (Å²) in [6.07, 6.45) is -15.1. The molecule has 0 amide bonds. The van der Waals surface area contributed by atoms with Gasteiger partial charge in [0.15, 0.2) is 0 Å². The first-order chi connectivity index (χ1) is 15.1. The summed E-state index contributed by atoms with van der Waals surface area (Å²) in [5.74, 6) is -0.468. The molecule has 3 aromatic rings. The van der Waals surface area contributed by atoms with Gasteiger partial charge < -0.3 is 5.11 Å². The van der Waals surface area contributed by atoms with Gasteiger partial charge in [0.2, 0.25) is 0 Å². The highest BCUT2D eigenvalue weighted by Crippen LogP contribution is 2.42. The van der Waals surface area contributed by atoms with E-state index in [0.29, 0.717) is 18.2 Å². The second-order valence-corrected chi connectivity index (χ2v) is 9.33. The van der Waals surface area contributed by atoms with Gasteiger partial charge in [0.05, 0.1) is 16.7 Å². The maximum Gasteiger partial charge on any atom is 0.416 e. The van der Waals surface area contributed by atoms with Crippen molar-refractivity contribution in [2.45, 2.75) is 25.5 Å². The Morgan fingerprint density at radius 2 is 1.03 bits per heavy atom. The van der Waals surface area contributed by atoms with Crippen LogP contribution < -0.4 is 15.9 Å². The Kier molecular flexibility index (Phi) is 6.45. The zero-order valence-corrected chi connectivity index (χ0v) is 17.5. The molecule has 0 fully saturated rings. The molecule has 0 heterocycles. The molecule has 0 aliphatic heterocycles. The molecule has 1 nitrogen and oxygen atoms in total. The number of phenolic OH excluding ortho intramolecular Hbond substituents is 1. The molecule has 11 heteroatoms. The largest absolute Gasteiger partial charge is 0.507 e. The number of rotatable bonds is 3. The minimum atomic E-state index is -5.14. The lowest BCUT2D eigenvalue weighted by Crippen LogP contribution is -2.25. The van der Waals surface area contributed by atoms with Crippen molar-refractivity contribution in [3.63, 3.8) is 0 Å². The van der Waals surface area contributed by atoms with Crippen LogP contribution in [0.15, 0.2) is 60.7 Å². The minimum Gasteiger partial charge on any atom is -0.507 e. The summed E-state index contributed by atoms with van der Waals surface area (Å²) in [7, 11) is -2.42. The van der Waals surface area contributed by atoms with Gasteiger partial charge in [0, 0.05) is 5.30 Å². The fourth-order valence-corrected chi connectivity index (χ4v) is 5.73. The van der Waals surface area contributed by atoms with Crippen LogP contribution in [0.3, 0.4) is 0 Å². The minimum absolute atomic E-state index is 0.0563. The summed E-state index contributed by atoms with van der Waals surface area (Å²) in [4.78, 5) is 0. The number of halogens is 9. The summed E-state index contributed by atoms with van der Waals surface area (Å²) in [6, 6.07) is 8.80. The van der Waals surface area contributed by atoms with E-state index in [4.69, 9.17) is 0 Å². The predicted molar refractivity (Wildman–Crippen MR) is 107 cm³/mol. The number of phenols is 1. The van der Waals surface area contributed by atoms with E-state index in [0.717, 1.165) is 12.1 Å². The van der Waals surface area contributed by atoms with Crippen molar-refractivity contribution in [3.8, 4) is 5.75 Å². The molecular weight excluding hydrogens is 482 g/mol. The third kappa shape index (κ3) is 5.61. The molecule has 0 radical (unpaired) electrons. The molecule has 1 atom stereocenters. The summed E-state index contributed by atoms with van der Waals surface area (Å²) in [6.45, 7) is 1.32. The summed E-state index contributed by atoms with van der Waals surface area (Å²) in [5.41, 5.74) is -4.20. The van der Waals surface area contributed by atoms with Crippen molar-refractivity contribution in [2.75, 3.05) is 0 Å². The Hall–Kier alpha value is -2.74. The van der Waals surface area contributed by atoms with Crippen LogP contribution in [0.25, 0.3) is 0 Å². The van der Waals surface area contributed by atoms with Crippen molar-refractivity contribution in [2.24, 2.45) is 0 Å². The normalized spacial score (nSPS) is 13.8. The third-order valence-electron chi connectivity index (χ3n) is 4.60. The molecule has 0 aliphatic rings. The summed E-state index contributed by atoms with van der Waals surface area (Å²) in [5, 5.41) is 9.56. The first-order valence-corrected chi connectivity index (χ1v) is 10.5. The molecular formula is C22H14F9OP. The molecule has 176 valence electrons. The number of alkyl halides is 9. The number of aryl methyl sites for hydroxylation is 1. The molecule has 0 aliphatic carbocycles. The van der Waals surface area contributed by atoms with E-state index in [1.54, 1.807) is 0 Å². The average molecular weight is 496 g/mol. The van der Waals surface area contributed by atoms with Crippen LogP contribution in [0.2, 0.25) is 0 Å². The van der Waals surface area contributed by atoms with E-state index in [-0.39, 0.29) is 22.2 Å². The van der Waals surface area contributed by atoms with E-state index in [1.807, 2.05) is 0 Å². The van der Waals surface area contributed by atoms with Gasteiger partial charge in [-0.3, -0.25) is 0 Å². The van der Waals surface area contributed by atoms with Crippen molar-refractivity contribution < 1.29 is 44.6 Å². The van der Waals surface area contributed by atoms with Crippen LogP contribution in [-0.4, -0.2) is 5.11 Å². The van der Waals surface area contributed by atoms with E-state index < -0.39 is 54.2 Å². The van der Waals surface area contributed by atoms with Gasteiger partial charge in [-0.1, -0.05) is 24.3 Å². The SMILES string of the molecule is Cc1cc(P(c2cc(C(F)(F)F)cc(C(F)(F)F)c2)c2ccccc2O)cc(C(F)(F)F)c1. The van der Waals surface area contributed by atoms with Gasteiger partial charge in [0.25, 0.3) is 0 Å². The average Bonchev–Trinajstić information content (AvgIpc) is 2.67. The van der Waals surface area contributed by atoms with Crippen molar-refractivity contribution in [1.29, 1.82) is 0 Å². The van der Waals surface area contributed by atoms with Crippen LogP contribution in [-0.2, 0) is 18.5 Å². The zero-order valence-electron chi connectivity index (χ0n) is 16.6. The number of hydrogen-bond donors (Lipinski definition) is 1. The number of aromatic hydroxyl groups is 1. The number of para-hydroxylation sites is 1. The Morgan fingerprint density at radius 1 is 0.606 bits per heavy atom. The highest BCUT2D eigenvalue weighted by Gasteiger charge is 2.38. The Morgan fingerprint density at radius 3 is 1.48 bits per heavy atom. The van der Waals surface area contributed by atoms with Gasteiger partial charge in [0.1, 0.15) is 5.75 Å². The monoisotopic (exact) mass is 496 g/mol. The van der Waals surface area contributed by atoms with Crippen molar-refractivity contribution >= 4 is 23.8 Å². The van der Waals surface area contributed by atoms with Gasteiger partial charge in [-0.15, -0.1) is 0 Å². The molecule has 1 N–H and O–H groups in total. The van der Waals surface area contributed by atoms with Crippen LogP contribution >= 0.6 is 7.92 Å². The van der Waals surface area contributed by atoms with Gasteiger partial charge in [-0.25, -0.2) is 0 Å². The summed E-state index contributed by atoms with van der Waals surface area (Å²) >= 11 is 0. The third-order valence-corrected chi connectivity index (χ3v) is 7.01. The van der Waals surface area contributed by atoms with E-state index in [2.05, 4.69) is 0 Å². The maximum absolute atomic E-state index is 13.4. The number of hydrogen-bond acceptors (Lipinski definition) is 1. The van der Waals surface area contributed by atoms with E-state index >= 15 is 0 Å². The fraction of sp³-hybridized carbons (Fsp3) is 0.182. The molecule has 0 saturated carbocycles. The quantitative estimate of drug-likeness (QED) is 0.324. The molecule has 0 aromatic heterocycles. The molecule has 3 rings (SSSR count). The molecule has 0 bridgehead atoms. The standard InChI is InChI=1S/C22H14F9OP/c1-12-6-13(20(23,24)25)9-16(7-12)33(19-5-3-2-4-18(19)32)17-10-14(21(26,27)28)8-15(11-17)22(29,30)31/h2-11,32H,1H3. The zero-order chi connectivity index (χ0) is 24.8. The van der Waals surface area contributed by atoms with Crippen LogP contribution in [0.5, 0.6) is 5.75 Å². The topological polar surface area (TPSA) is 20.2 Å². The Bertz CT molecular complexity index is 1130. The predicted octanol–water partition coefficient (Wildman–Crippen LogP) is 6.52.